The molecule has 1 N–H and O–H groups in total. The summed E-state index contributed by atoms with van der Waals surface area (Å²) in [6.07, 6.45) is 3.19. The van der Waals surface area contributed by atoms with E-state index < -0.39 is 10.0 Å². The van der Waals surface area contributed by atoms with E-state index in [9.17, 15) is 8.42 Å². The van der Waals surface area contributed by atoms with E-state index in [4.69, 9.17) is 9.15 Å². The zero-order chi connectivity index (χ0) is 17.5. The maximum atomic E-state index is 12.3. The summed E-state index contributed by atoms with van der Waals surface area (Å²) in [5.41, 5.74) is 0.837. The molecule has 0 spiro atoms. The van der Waals surface area contributed by atoms with E-state index in [0.717, 1.165) is 24.4 Å². The Kier molecular flexibility index (Phi) is 6.04. The number of morpholine rings is 1. The number of rotatable bonds is 7. The average Bonchev–Trinajstić information content (AvgIpc) is 3.16. The average molecular weight is 362 g/mol. The molecule has 1 aliphatic heterocycles. The normalized spacial score (nSPS) is 17.8. The van der Waals surface area contributed by atoms with Gasteiger partial charge in [0.25, 0.3) is 0 Å². The predicted octanol–water partition coefficient (Wildman–Crippen LogP) is 2.24. The molecule has 0 amide bonds. The molecular weight excluding hydrogens is 340 g/mol. The Bertz CT molecular complexity index is 767. The first-order valence-corrected chi connectivity index (χ1v) is 9.77. The summed E-state index contributed by atoms with van der Waals surface area (Å²) in [6, 6.07) is 12.9. The van der Waals surface area contributed by atoms with Crippen molar-refractivity contribution in [1.29, 1.82) is 0 Å². The van der Waals surface area contributed by atoms with Crippen LogP contribution in [-0.4, -0.2) is 46.2 Å². The summed E-state index contributed by atoms with van der Waals surface area (Å²) in [5, 5.41) is 1.20. The van der Waals surface area contributed by atoms with E-state index in [1.165, 1.54) is 5.41 Å². The van der Waals surface area contributed by atoms with Gasteiger partial charge in [-0.05, 0) is 23.8 Å². The van der Waals surface area contributed by atoms with Gasteiger partial charge in [0.1, 0.15) is 5.76 Å². The number of hydrogen-bond donors (Lipinski definition) is 1. The van der Waals surface area contributed by atoms with Gasteiger partial charge in [-0.1, -0.05) is 30.3 Å². The molecule has 1 fully saturated rings. The molecule has 1 atom stereocenters. The summed E-state index contributed by atoms with van der Waals surface area (Å²) >= 11 is 0. The highest BCUT2D eigenvalue weighted by molar-refractivity contribution is 7.92. The van der Waals surface area contributed by atoms with Gasteiger partial charge in [-0.3, -0.25) is 4.90 Å². The molecule has 134 valence electrons. The Morgan fingerprint density at radius 3 is 2.56 bits per heavy atom. The number of sulfonamides is 1. The van der Waals surface area contributed by atoms with Crippen LogP contribution >= 0.6 is 0 Å². The number of hydrogen-bond acceptors (Lipinski definition) is 5. The first kappa shape index (κ1) is 17.9. The van der Waals surface area contributed by atoms with Gasteiger partial charge in [0.05, 0.1) is 25.5 Å². The highest BCUT2D eigenvalue weighted by Crippen LogP contribution is 2.22. The Hall–Kier alpha value is -1.93. The van der Waals surface area contributed by atoms with Gasteiger partial charge in [0.2, 0.25) is 10.0 Å². The third kappa shape index (κ3) is 5.27. The van der Waals surface area contributed by atoms with E-state index in [1.54, 1.807) is 12.3 Å². The monoisotopic (exact) mass is 362 g/mol. The maximum Gasteiger partial charge on any atom is 0.233 e. The number of ether oxygens (including phenoxy) is 1. The zero-order valence-electron chi connectivity index (χ0n) is 13.9. The highest BCUT2D eigenvalue weighted by atomic mass is 32.2. The SMILES string of the molecule is O=S(=O)(/C=C/c1ccccc1)NCC(c1ccco1)N1CCOCC1. The van der Waals surface area contributed by atoms with Crippen molar-refractivity contribution in [2.45, 2.75) is 6.04 Å². The van der Waals surface area contributed by atoms with Crippen molar-refractivity contribution in [2.24, 2.45) is 0 Å². The number of benzene rings is 1. The van der Waals surface area contributed by atoms with Crippen molar-refractivity contribution in [3.8, 4) is 0 Å². The second-order valence-electron chi connectivity index (χ2n) is 5.79. The quantitative estimate of drug-likeness (QED) is 0.818. The summed E-state index contributed by atoms with van der Waals surface area (Å²) < 4.78 is 38.1. The summed E-state index contributed by atoms with van der Waals surface area (Å²) in [6.45, 7) is 3.00. The van der Waals surface area contributed by atoms with Crippen LogP contribution in [0.1, 0.15) is 17.4 Å². The molecule has 0 aliphatic carbocycles. The van der Waals surface area contributed by atoms with Crippen LogP contribution in [0, 0.1) is 0 Å². The van der Waals surface area contributed by atoms with Crippen LogP contribution in [0.15, 0.2) is 58.6 Å². The topological polar surface area (TPSA) is 71.8 Å². The molecule has 25 heavy (non-hydrogen) atoms. The van der Waals surface area contributed by atoms with Gasteiger partial charge in [-0.15, -0.1) is 0 Å². The molecule has 3 rings (SSSR count). The third-order valence-corrected chi connectivity index (χ3v) is 5.14. The Morgan fingerprint density at radius 1 is 1.12 bits per heavy atom. The summed E-state index contributed by atoms with van der Waals surface area (Å²) in [4.78, 5) is 2.17. The maximum absolute atomic E-state index is 12.3. The smallest absolute Gasteiger partial charge is 0.233 e. The molecule has 0 saturated carbocycles. The van der Waals surface area contributed by atoms with Gasteiger partial charge in [0, 0.05) is 25.0 Å². The fraction of sp³-hybridized carbons (Fsp3) is 0.333. The lowest BCUT2D eigenvalue weighted by atomic mass is 10.2. The van der Waals surface area contributed by atoms with Crippen molar-refractivity contribution in [1.82, 2.24) is 9.62 Å². The van der Waals surface area contributed by atoms with E-state index in [0.29, 0.717) is 13.2 Å². The van der Waals surface area contributed by atoms with Crippen LogP contribution in [0.25, 0.3) is 6.08 Å². The van der Waals surface area contributed by atoms with E-state index in [2.05, 4.69) is 9.62 Å². The molecule has 1 saturated heterocycles. The lowest BCUT2D eigenvalue weighted by molar-refractivity contribution is 0.0128. The van der Waals surface area contributed by atoms with Crippen molar-refractivity contribution < 1.29 is 17.6 Å². The lowest BCUT2D eigenvalue weighted by Crippen LogP contribution is -2.43. The third-order valence-electron chi connectivity index (χ3n) is 4.08. The van der Waals surface area contributed by atoms with Crippen LogP contribution < -0.4 is 4.72 Å². The molecule has 0 bridgehead atoms. The molecular formula is C18H22N2O4S. The molecule has 0 radical (unpaired) electrons. The van der Waals surface area contributed by atoms with E-state index >= 15 is 0 Å². The van der Waals surface area contributed by atoms with Crippen LogP contribution in [-0.2, 0) is 14.8 Å². The lowest BCUT2D eigenvalue weighted by Gasteiger charge is -2.33. The molecule has 7 heteroatoms. The number of nitrogens with one attached hydrogen (secondary N) is 1. The first-order chi connectivity index (χ1) is 12.1. The van der Waals surface area contributed by atoms with Gasteiger partial charge in [0.15, 0.2) is 0 Å². The van der Waals surface area contributed by atoms with Crippen molar-refractivity contribution >= 4 is 16.1 Å². The first-order valence-electron chi connectivity index (χ1n) is 8.22. The van der Waals surface area contributed by atoms with E-state index in [1.807, 2.05) is 42.5 Å². The minimum atomic E-state index is -3.53. The van der Waals surface area contributed by atoms with Crippen LogP contribution in [0.2, 0.25) is 0 Å². The Morgan fingerprint density at radius 2 is 1.88 bits per heavy atom. The minimum Gasteiger partial charge on any atom is -0.468 e. The Balaban J connectivity index is 1.66. The number of furan rings is 1. The zero-order valence-corrected chi connectivity index (χ0v) is 14.7. The van der Waals surface area contributed by atoms with Crippen LogP contribution in [0.3, 0.4) is 0 Å². The molecule has 2 heterocycles. The van der Waals surface area contributed by atoms with Crippen LogP contribution in [0.5, 0.6) is 0 Å². The van der Waals surface area contributed by atoms with Crippen molar-refractivity contribution in [2.75, 3.05) is 32.8 Å². The molecule has 1 aliphatic rings. The van der Waals surface area contributed by atoms with Crippen LogP contribution in [0.4, 0.5) is 0 Å². The minimum absolute atomic E-state index is 0.154. The van der Waals surface area contributed by atoms with Gasteiger partial charge in [-0.2, -0.15) is 0 Å². The molecule has 1 unspecified atom stereocenters. The fourth-order valence-corrected chi connectivity index (χ4v) is 3.58. The predicted molar refractivity (Wildman–Crippen MR) is 96.2 cm³/mol. The van der Waals surface area contributed by atoms with Crippen molar-refractivity contribution in [3.63, 3.8) is 0 Å². The molecule has 1 aromatic heterocycles. The molecule has 6 nitrogen and oxygen atoms in total. The van der Waals surface area contributed by atoms with Crippen molar-refractivity contribution in [3.05, 3.63) is 65.5 Å². The summed E-state index contributed by atoms with van der Waals surface area (Å²) in [7, 11) is -3.53. The molecule has 1 aromatic carbocycles. The highest BCUT2D eigenvalue weighted by Gasteiger charge is 2.25. The summed E-state index contributed by atoms with van der Waals surface area (Å²) in [5.74, 6) is 0.747. The van der Waals surface area contributed by atoms with Gasteiger partial charge < -0.3 is 9.15 Å². The van der Waals surface area contributed by atoms with E-state index in [-0.39, 0.29) is 12.6 Å². The molecule has 2 aromatic rings. The standard InChI is InChI=1S/C18H22N2O4S/c21-25(22,14-8-16-5-2-1-3-6-16)19-15-17(18-7-4-11-24-18)20-9-12-23-13-10-20/h1-8,11,14,17,19H,9-10,12-13,15H2/b14-8+. The number of nitrogens with zero attached hydrogens (tertiary/aromatic N) is 1. The second-order valence-corrected chi connectivity index (χ2v) is 7.44. The van der Waals surface area contributed by atoms with Gasteiger partial charge >= 0.3 is 0 Å². The largest absolute Gasteiger partial charge is 0.468 e. The fourth-order valence-electron chi connectivity index (χ4n) is 2.76. The Labute approximate surface area is 148 Å². The van der Waals surface area contributed by atoms with Gasteiger partial charge in [-0.25, -0.2) is 13.1 Å². The second kappa shape index (κ2) is 8.44.